The summed E-state index contributed by atoms with van der Waals surface area (Å²) in [6, 6.07) is 18.1. The highest BCUT2D eigenvalue weighted by Crippen LogP contribution is 2.44. The molecule has 3 aromatic carbocycles. The van der Waals surface area contributed by atoms with Crippen molar-refractivity contribution in [2.75, 3.05) is 27.9 Å². The lowest BCUT2D eigenvalue weighted by Gasteiger charge is -2.17. The average Bonchev–Trinajstić information content (AvgIpc) is 2.87. The topological polar surface area (TPSA) is 76.4 Å². The van der Waals surface area contributed by atoms with Gasteiger partial charge < -0.3 is 28.1 Å². The fourth-order valence-corrected chi connectivity index (χ4v) is 3.70. The third-order valence-corrected chi connectivity index (χ3v) is 5.29. The summed E-state index contributed by atoms with van der Waals surface area (Å²) in [7, 11) is 4.60. The second kappa shape index (κ2) is 10.2. The molecule has 0 bridgehead atoms. The summed E-state index contributed by atoms with van der Waals surface area (Å²) >= 11 is 0. The molecular weight excluding hydrogens is 436 g/mol. The molecule has 0 atom stereocenters. The largest absolute Gasteiger partial charge is 0.493 e. The van der Waals surface area contributed by atoms with Crippen LogP contribution in [0.2, 0.25) is 0 Å². The number of hydrogen-bond donors (Lipinski definition) is 0. The van der Waals surface area contributed by atoms with Gasteiger partial charge in [-0.2, -0.15) is 0 Å². The van der Waals surface area contributed by atoms with Gasteiger partial charge in [0.25, 0.3) is 0 Å². The molecule has 0 amide bonds. The Balaban J connectivity index is 1.85. The van der Waals surface area contributed by atoms with Gasteiger partial charge >= 0.3 is 0 Å². The highest BCUT2D eigenvalue weighted by atomic mass is 16.5. The molecule has 0 radical (unpaired) electrons. The molecule has 0 spiro atoms. The van der Waals surface area contributed by atoms with E-state index in [1.807, 2.05) is 37.3 Å². The molecule has 0 aliphatic rings. The molecule has 1 heterocycles. The van der Waals surface area contributed by atoms with E-state index in [0.717, 1.165) is 5.56 Å². The second-order valence-electron chi connectivity index (χ2n) is 7.36. The first-order chi connectivity index (χ1) is 16.6. The van der Waals surface area contributed by atoms with Crippen LogP contribution >= 0.6 is 0 Å². The molecule has 0 saturated heterocycles. The van der Waals surface area contributed by atoms with Gasteiger partial charge in [-0.3, -0.25) is 4.79 Å². The maximum atomic E-state index is 13.2. The number of benzene rings is 3. The zero-order valence-electron chi connectivity index (χ0n) is 19.5. The maximum absolute atomic E-state index is 13.2. The van der Waals surface area contributed by atoms with Gasteiger partial charge in [0.2, 0.25) is 5.75 Å². The Morgan fingerprint density at radius 1 is 0.765 bits per heavy atom. The first-order valence-corrected chi connectivity index (χ1v) is 10.8. The Bertz CT molecular complexity index is 1340. The Morgan fingerprint density at radius 2 is 1.53 bits per heavy atom. The molecule has 7 heteroatoms. The van der Waals surface area contributed by atoms with Gasteiger partial charge in [0, 0.05) is 17.7 Å². The Kier molecular flexibility index (Phi) is 6.92. The normalized spacial score (nSPS) is 10.7. The minimum absolute atomic E-state index is 0.265. The van der Waals surface area contributed by atoms with Crippen molar-refractivity contribution in [1.82, 2.24) is 0 Å². The standard InChI is InChI=1S/C27H26O7/c1-5-32-26-24(33-16-17-9-7-6-8-10-17)15-23-25(27(26)31-4)19(28)14-21(34-23)18-11-12-20(29-2)22(13-18)30-3/h6-15H,5,16H2,1-4H3. The fraction of sp³-hybridized carbons (Fsp3) is 0.222. The SMILES string of the molecule is CCOc1c(OCc2ccccc2)cc2oc(-c3ccc(OC)c(OC)c3)cc(=O)c2c1OC. The van der Waals surface area contributed by atoms with Crippen molar-refractivity contribution in [3.8, 4) is 40.1 Å². The Morgan fingerprint density at radius 3 is 2.21 bits per heavy atom. The molecule has 0 unspecified atom stereocenters. The van der Waals surface area contributed by atoms with E-state index in [1.54, 1.807) is 38.5 Å². The number of methoxy groups -OCH3 is 3. The van der Waals surface area contributed by atoms with Crippen LogP contribution < -0.4 is 29.1 Å². The number of fused-ring (bicyclic) bond motifs is 1. The van der Waals surface area contributed by atoms with Crippen molar-refractivity contribution < 1.29 is 28.1 Å². The molecule has 34 heavy (non-hydrogen) atoms. The molecule has 0 fully saturated rings. The molecule has 7 nitrogen and oxygen atoms in total. The van der Waals surface area contributed by atoms with E-state index < -0.39 is 0 Å². The van der Waals surface area contributed by atoms with E-state index in [2.05, 4.69) is 0 Å². The van der Waals surface area contributed by atoms with E-state index in [4.69, 9.17) is 28.1 Å². The molecule has 4 rings (SSSR count). The van der Waals surface area contributed by atoms with Crippen molar-refractivity contribution >= 4 is 11.0 Å². The quantitative estimate of drug-likeness (QED) is 0.327. The van der Waals surface area contributed by atoms with Crippen LogP contribution in [0.15, 0.2) is 69.9 Å². The third kappa shape index (κ3) is 4.50. The van der Waals surface area contributed by atoms with Crippen molar-refractivity contribution in [2.24, 2.45) is 0 Å². The Labute approximate surface area is 197 Å². The Hall–Kier alpha value is -4.13. The van der Waals surface area contributed by atoms with Crippen LogP contribution in [0.1, 0.15) is 12.5 Å². The van der Waals surface area contributed by atoms with Gasteiger partial charge in [-0.15, -0.1) is 0 Å². The average molecular weight is 462 g/mol. The van der Waals surface area contributed by atoms with E-state index in [0.29, 0.717) is 53.1 Å². The summed E-state index contributed by atoms with van der Waals surface area (Å²) in [6.45, 7) is 2.54. The van der Waals surface area contributed by atoms with Crippen LogP contribution in [0.25, 0.3) is 22.3 Å². The molecule has 0 aliphatic heterocycles. The van der Waals surface area contributed by atoms with E-state index >= 15 is 0 Å². The molecule has 1 aromatic heterocycles. The van der Waals surface area contributed by atoms with E-state index in [1.165, 1.54) is 13.2 Å². The smallest absolute Gasteiger partial charge is 0.204 e. The second-order valence-corrected chi connectivity index (χ2v) is 7.36. The lowest BCUT2D eigenvalue weighted by Crippen LogP contribution is -2.07. The summed E-state index contributed by atoms with van der Waals surface area (Å²) in [5.74, 6) is 2.53. The number of ether oxygens (including phenoxy) is 5. The monoisotopic (exact) mass is 462 g/mol. The van der Waals surface area contributed by atoms with Crippen LogP contribution in [-0.2, 0) is 6.61 Å². The number of hydrogen-bond acceptors (Lipinski definition) is 7. The van der Waals surface area contributed by atoms with Crippen LogP contribution in [0.3, 0.4) is 0 Å². The molecule has 0 saturated carbocycles. The van der Waals surface area contributed by atoms with Gasteiger partial charge in [-0.25, -0.2) is 0 Å². The molecule has 4 aromatic rings. The van der Waals surface area contributed by atoms with Gasteiger partial charge in [-0.1, -0.05) is 30.3 Å². The predicted octanol–water partition coefficient (Wildman–Crippen LogP) is 5.46. The van der Waals surface area contributed by atoms with Gasteiger partial charge in [0.15, 0.2) is 28.4 Å². The van der Waals surface area contributed by atoms with E-state index in [-0.39, 0.29) is 16.6 Å². The number of rotatable bonds is 9. The summed E-state index contributed by atoms with van der Waals surface area (Å²) in [5.41, 5.74) is 1.71. The van der Waals surface area contributed by atoms with Gasteiger partial charge in [0.05, 0.1) is 27.9 Å². The van der Waals surface area contributed by atoms with Crippen LogP contribution in [-0.4, -0.2) is 27.9 Å². The molecular formula is C27H26O7. The molecule has 176 valence electrons. The van der Waals surface area contributed by atoms with Crippen LogP contribution in [0, 0.1) is 0 Å². The highest BCUT2D eigenvalue weighted by molar-refractivity contribution is 5.90. The minimum atomic E-state index is -0.265. The zero-order chi connectivity index (χ0) is 24.1. The summed E-state index contributed by atoms with van der Waals surface area (Å²) in [5, 5.41) is 0.280. The summed E-state index contributed by atoms with van der Waals surface area (Å²) in [4.78, 5) is 13.2. The summed E-state index contributed by atoms with van der Waals surface area (Å²) < 4.78 is 34.3. The van der Waals surface area contributed by atoms with Crippen LogP contribution in [0.4, 0.5) is 0 Å². The third-order valence-electron chi connectivity index (χ3n) is 5.29. The fourth-order valence-electron chi connectivity index (χ4n) is 3.70. The molecule has 0 N–H and O–H groups in total. The predicted molar refractivity (Wildman–Crippen MR) is 130 cm³/mol. The first-order valence-electron chi connectivity index (χ1n) is 10.8. The van der Waals surface area contributed by atoms with Gasteiger partial charge in [-0.05, 0) is 30.7 Å². The van der Waals surface area contributed by atoms with Crippen LogP contribution in [0.5, 0.6) is 28.7 Å². The highest BCUT2D eigenvalue weighted by Gasteiger charge is 2.22. The van der Waals surface area contributed by atoms with Crippen molar-refractivity contribution in [1.29, 1.82) is 0 Å². The van der Waals surface area contributed by atoms with Crippen molar-refractivity contribution in [3.63, 3.8) is 0 Å². The van der Waals surface area contributed by atoms with Crippen molar-refractivity contribution in [2.45, 2.75) is 13.5 Å². The summed E-state index contributed by atoms with van der Waals surface area (Å²) in [6.07, 6.45) is 0. The zero-order valence-corrected chi connectivity index (χ0v) is 19.5. The van der Waals surface area contributed by atoms with Gasteiger partial charge in [0.1, 0.15) is 23.3 Å². The van der Waals surface area contributed by atoms with E-state index in [9.17, 15) is 4.79 Å². The minimum Gasteiger partial charge on any atom is -0.493 e. The maximum Gasteiger partial charge on any atom is 0.204 e. The first kappa shape index (κ1) is 23.0. The van der Waals surface area contributed by atoms with Crippen molar-refractivity contribution in [3.05, 3.63) is 76.5 Å². The molecule has 0 aliphatic carbocycles. The lowest BCUT2D eigenvalue weighted by atomic mass is 10.1. The lowest BCUT2D eigenvalue weighted by molar-refractivity contribution is 0.259.